The Morgan fingerprint density at radius 3 is 3.17 bits per heavy atom. The van der Waals surface area contributed by atoms with Gasteiger partial charge in [-0.3, -0.25) is 4.90 Å². The predicted octanol–water partition coefficient (Wildman–Crippen LogP) is 1.45. The van der Waals surface area contributed by atoms with E-state index in [2.05, 4.69) is 27.1 Å². The highest BCUT2D eigenvalue weighted by atomic mass is 79.9. The first kappa shape index (κ1) is 10.8. The third-order valence-electron chi connectivity index (χ3n) is 2.11. The number of morpholine rings is 1. The number of alkyl halides is 1. The number of nitrogens with zero attached hydrogens (tertiary/aromatic N) is 1. The summed E-state index contributed by atoms with van der Waals surface area (Å²) in [6.45, 7) is 4.08. The number of ether oxygens (including phenoxy) is 1. The molecule has 1 saturated heterocycles. The molecule has 72 valence electrons. The van der Waals surface area contributed by atoms with Gasteiger partial charge in [-0.1, -0.05) is 15.9 Å². The Hall–Kier alpha value is 0.750. The van der Waals surface area contributed by atoms with E-state index < -0.39 is 0 Å². The summed E-state index contributed by atoms with van der Waals surface area (Å²) in [4.78, 5) is 2.51. The molecule has 0 saturated carbocycles. The molecule has 1 fully saturated rings. The van der Waals surface area contributed by atoms with Crippen molar-refractivity contribution in [3.8, 4) is 0 Å². The van der Waals surface area contributed by atoms with Crippen LogP contribution < -0.4 is 0 Å². The summed E-state index contributed by atoms with van der Waals surface area (Å²) in [7, 11) is 0. The number of hydrogen-bond donors (Lipinski definition) is 0. The molecule has 12 heavy (non-hydrogen) atoms. The van der Waals surface area contributed by atoms with E-state index in [1.54, 1.807) is 0 Å². The summed E-state index contributed by atoms with van der Waals surface area (Å²) in [6.07, 6.45) is 2.16. The molecular formula is C8H16BrNOS. The third-order valence-corrected chi connectivity index (χ3v) is 3.45. The van der Waals surface area contributed by atoms with E-state index in [9.17, 15) is 0 Å². The molecule has 2 nitrogen and oxygen atoms in total. The van der Waals surface area contributed by atoms with Crippen molar-refractivity contribution in [2.75, 3.05) is 43.6 Å². The van der Waals surface area contributed by atoms with Crippen molar-refractivity contribution in [2.45, 2.75) is 6.04 Å². The highest BCUT2D eigenvalue weighted by Gasteiger charge is 2.20. The van der Waals surface area contributed by atoms with Gasteiger partial charge in [-0.15, -0.1) is 0 Å². The van der Waals surface area contributed by atoms with Crippen molar-refractivity contribution >= 4 is 27.7 Å². The van der Waals surface area contributed by atoms with Crippen LogP contribution in [-0.2, 0) is 4.74 Å². The lowest BCUT2D eigenvalue weighted by Crippen LogP contribution is -2.47. The van der Waals surface area contributed by atoms with E-state index in [0.717, 1.165) is 25.1 Å². The van der Waals surface area contributed by atoms with Gasteiger partial charge < -0.3 is 4.74 Å². The SMILES string of the molecule is CSCCN1CCOCC1CBr. The van der Waals surface area contributed by atoms with Gasteiger partial charge >= 0.3 is 0 Å². The van der Waals surface area contributed by atoms with Crippen LogP contribution in [0, 0.1) is 0 Å². The maximum Gasteiger partial charge on any atom is 0.0630 e. The standard InChI is InChI=1S/C8H16BrNOS/c1-12-5-3-10-2-4-11-7-8(10)6-9/h8H,2-7H2,1H3. The van der Waals surface area contributed by atoms with Crippen molar-refractivity contribution in [1.82, 2.24) is 4.90 Å². The molecule has 1 heterocycles. The van der Waals surface area contributed by atoms with E-state index >= 15 is 0 Å². The van der Waals surface area contributed by atoms with E-state index in [4.69, 9.17) is 4.74 Å². The molecule has 0 aliphatic carbocycles. The zero-order valence-corrected chi connectivity index (χ0v) is 9.86. The minimum absolute atomic E-state index is 0.589. The van der Waals surface area contributed by atoms with Crippen LogP contribution in [0.1, 0.15) is 0 Å². The Morgan fingerprint density at radius 1 is 1.67 bits per heavy atom. The van der Waals surface area contributed by atoms with Gasteiger partial charge in [0.05, 0.1) is 13.2 Å². The molecule has 1 unspecified atom stereocenters. The van der Waals surface area contributed by atoms with E-state index in [-0.39, 0.29) is 0 Å². The quantitative estimate of drug-likeness (QED) is 0.704. The molecule has 1 atom stereocenters. The molecule has 1 rings (SSSR count). The van der Waals surface area contributed by atoms with Crippen molar-refractivity contribution in [1.29, 1.82) is 0 Å². The maximum atomic E-state index is 5.40. The summed E-state index contributed by atoms with van der Waals surface area (Å²) in [5, 5.41) is 1.03. The monoisotopic (exact) mass is 253 g/mol. The van der Waals surface area contributed by atoms with Crippen LogP contribution in [0.2, 0.25) is 0 Å². The van der Waals surface area contributed by atoms with Crippen molar-refractivity contribution in [3.63, 3.8) is 0 Å². The second-order valence-corrected chi connectivity index (χ2v) is 4.54. The fourth-order valence-corrected chi connectivity index (χ4v) is 2.35. The molecule has 0 aromatic heterocycles. The summed E-state index contributed by atoms with van der Waals surface area (Å²) >= 11 is 5.42. The van der Waals surface area contributed by atoms with Crippen LogP contribution >= 0.6 is 27.7 Å². The topological polar surface area (TPSA) is 12.5 Å². The van der Waals surface area contributed by atoms with Crippen LogP contribution in [0.15, 0.2) is 0 Å². The lowest BCUT2D eigenvalue weighted by Gasteiger charge is -2.34. The molecule has 4 heteroatoms. The van der Waals surface area contributed by atoms with Gasteiger partial charge in [0.2, 0.25) is 0 Å². The van der Waals surface area contributed by atoms with Crippen LogP contribution in [-0.4, -0.2) is 54.6 Å². The Kier molecular flexibility index (Phi) is 5.63. The molecule has 0 N–H and O–H groups in total. The largest absolute Gasteiger partial charge is 0.378 e. The average molecular weight is 254 g/mol. The van der Waals surface area contributed by atoms with Crippen LogP contribution in [0.25, 0.3) is 0 Å². The molecule has 1 aliphatic heterocycles. The Morgan fingerprint density at radius 2 is 2.50 bits per heavy atom. The van der Waals surface area contributed by atoms with Gasteiger partial charge in [-0.05, 0) is 6.26 Å². The first-order valence-electron chi connectivity index (χ1n) is 4.25. The van der Waals surface area contributed by atoms with Gasteiger partial charge in [-0.25, -0.2) is 0 Å². The molecule has 0 amide bonds. The Bertz CT molecular complexity index is 126. The first-order chi connectivity index (χ1) is 5.88. The second kappa shape index (κ2) is 6.24. The second-order valence-electron chi connectivity index (χ2n) is 2.91. The fourth-order valence-electron chi connectivity index (χ4n) is 1.33. The summed E-state index contributed by atoms with van der Waals surface area (Å²) in [6, 6.07) is 0.589. The number of thioether (sulfide) groups is 1. The maximum absolute atomic E-state index is 5.40. The van der Waals surface area contributed by atoms with Crippen LogP contribution in [0.3, 0.4) is 0 Å². The molecular weight excluding hydrogens is 238 g/mol. The molecule has 0 aromatic carbocycles. The minimum Gasteiger partial charge on any atom is -0.378 e. The van der Waals surface area contributed by atoms with E-state index in [1.807, 2.05) is 11.8 Å². The summed E-state index contributed by atoms with van der Waals surface area (Å²) in [5.74, 6) is 1.23. The first-order valence-corrected chi connectivity index (χ1v) is 6.76. The molecule has 0 radical (unpaired) electrons. The molecule has 1 aliphatic rings. The van der Waals surface area contributed by atoms with Gasteiger partial charge in [0.15, 0.2) is 0 Å². The average Bonchev–Trinajstić information content (AvgIpc) is 2.15. The molecule has 0 bridgehead atoms. The normalized spacial score (nSPS) is 26.0. The summed E-state index contributed by atoms with van der Waals surface area (Å²) < 4.78 is 5.40. The lowest BCUT2D eigenvalue weighted by atomic mass is 10.2. The molecule has 0 aromatic rings. The van der Waals surface area contributed by atoms with Crippen LogP contribution in [0.4, 0.5) is 0 Å². The van der Waals surface area contributed by atoms with Crippen molar-refractivity contribution in [3.05, 3.63) is 0 Å². The van der Waals surface area contributed by atoms with E-state index in [1.165, 1.54) is 12.3 Å². The third kappa shape index (κ3) is 3.24. The number of halogens is 1. The Balaban J connectivity index is 2.26. The fraction of sp³-hybridized carbons (Fsp3) is 1.00. The highest BCUT2D eigenvalue weighted by Crippen LogP contribution is 2.09. The zero-order chi connectivity index (χ0) is 8.81. The minimum atomic E-state index is 0.589. The zero-order valence-electron chi connectivity index (χ0n) is 7.46. The van der Waals surface area contributed by atoms with Crippen molar-refractivity contribution in [2.24, 2.45) is 0 Å². The Labute approximate surface area is 87.2 Å². The number of hydrogen-bond acceptors (Lipinski definition) is 3. The van der Waals surface area contributed by atoms with Gasteiger partial charge in [0.1, 0.15) is 0 Å². The van der Waals surface area contributed by atoms with Crippen molar-refractivity contribution < 1.29 is 4.74 Å². The predicted molar refractivity (Wildman–Crippen MR) is 58.4 cm³/mol. The lowest BCUT2D eigenvalue weighted by molar-refractivity contribution is 0.00522. The van der Waals surface area contributed by atoms with Gasteiger partial charge in [0, 0.05) is 30.2 Å². The molecule has 0 spiro atoms. The van der Waals surface area contributed by atoms with Gasteiger partial charge in [-0.2, -0.15) is 11.8 Å². The number of rotatable bonds is 4. The van der Waals surface area contributed by atoms with Gasteiger partial charge in [0.25, 0.3) is 0 Å². The smallest absolute Gasteiger partial charge is 0.0630 e. The highest BCUT2D eigenvalue weighted by molar-refractivity contribution is 9.09. The van der Waals surface area contributed by atoms with Crippen LogP contribution in [0.5, 0.6) is 0 Å². The van der Waals surface area contributed by atoms with E-state index in [0.29, 0.717) is 6.04 Å². The summed E-state index contributed by atoms with van der Waals surface area (Å²) in [5.41, 5.74) is 0.